The number of carbonyl (C=O) groups is 1. The standard InChI is InChI=1S/C33H51NO2/c1-22(2)8-6-9-23(3)28-13-14-29-27-12-11-25-20-26(36-31(35)24-10-7-19-34-21-24)15-17-32(25,4)30(27)16-18-33(28,29)5/h7,10,19,21-23,25-30H,6,8-9,11-18,20H2,1-5H3/t23-,25?,26-,27?,28-,29?,30?,32+,33-/m1/s1. The molecule has 1 aromatic heterocycles. The summed E-state index contributed by atoms with van der Waals surface area (Å²) in [4.78, 5) is 16.8. The van der Waals surface area contributed by atoms with Gasteiger partial charge in [0.1, 0.15) is 6.10 Å². The molecule has 4 aliphatic rings. The number of aromatic nitrogens is 1. The van der Waals surface area contributed by atoms with Crippen molar-refractivity contribution in [2.45, 2.75) is 118 Å². The van der Waals surface area contributed by atoms with Gasteiger partial charge in [-0.25, -0.2) is 4.79 Å². The number of ether oxygens (including phenoxy) is 1. The van der Waals surface area contributed by atoms with E-state index in [1.165, 1.54) is 64.2 Å². The predicted molar refractivity (Wildman–Crippen MR) is 147 cm³/mol. The molecular formula is C33H51NO2. The highest BCUT2D eigenvalue weighted by molar-refractivity contribution is 5.89. The van der Waals surface area contributed by atoms with Crippen LogP contribution in [0, 0.1) is 52.3 Å². The van der Waals surface area contributed by atoms with Crippen molar-refractivity contribution in [1.82, 2.24) is 4.98 Å². The van der Waals surface area contributed by atoms with Gasteiger partial charge >= 0.3 is 5.97 Å². The molecule has 4 saturated carbocycles. The van der Waals surface area contributed by atoms with Gasteiger partial charge in [-0.05, 0) is 122 Å². The summed E-state index contributed by atoms with van der Waals surface area (Å²) >= 11 is 0. The lowest BCUT2D eigenvalue weighted by atomic mass is 9.44. The summed E-state index contributed by atoms with van der Waals surface area (Å²) in [5.74, 6) is 5.90. The molecule has 4 unspecified atom stereocenters. The van der Waals surface area contributed by atoms with Crippen LogP contribution in [-0.4, -0.2) is 17.1 Å². The summed E-state index contributed by atoms with van der Waals surface area (Å²) in [6.45, 7) is 12.6. The van der Waals surface area contributed by atoms with E-state index in [2.05, 4.69) is 39.6 Å². The Hall–Kier alpha value is -1.38. The number of hydrogen-bond acceptors (Lipinski definition) is 3. The topological polar surface area (TPSA) is 39.2 Å². The van der Waals surface area contributed by atoms with E-state index in [1.807, 2.05) is 12.1 Å². The third kappa shape index (κ3) is 4.78. The molecule has 0 spiro atoms. The van der Waals surface area contributed by atoms with Gasteiger partial charge in [-0.1, -0.05) is 53.9 Å². The van der Waals surface area contributed by atoms with Gasteiger partial charge in [-0.15, -0.1) is 0 Å². The normalized spacial score (nSPS) is 40.7. The summed E-state index contributed by atoms with van der Waals surface area (Å²) < 4.78 is 6.00. The third-order valence-electron chi connectivity index (χ3n) is 12.0. The first-order valence-electron chi connectivity index (χ1n) is 15.3. The minimum atomic E-state index is -0.196. The Morgan fingerprint density at radius 2 is 1.78 bits per heavy atom. The molecule has 0 N–H and O–H groups in total. The minimum absolute atomic E-state index is 0.0729. The van der Waals surface area contributed by atoms with Crippen LogP contribution in [0.3, 0.4) is 0 Å². The van der Waals surface area contributed by atoms with E-state index in [-0.39, 0.29) is 12.1 Å². The van der Waals surface area contributed by atoms with Crippen molar-refractivity contribution >= 4 is 5.97 Å². The number of rotatable bonds is 7. The van der Waals surface area contributed by atoms with Crippen molar-refractivity contribution < 1.29 is 9.53 Å². The number of esters is 1. The van der Waals surface area contributed by atoms with E-state index in [0.29, 0.717) is 22.3 Å². The minimum Gasteiger partial charge on any atom is -0.459 e. The molecule has 3 nitrogen and oxygen atoms in total. The molecule has 4 fully saturated rings. The van der Waals surface area contributed by atoms with Crippen molar-refractivity contribution in [3.63, 3.8) is 0 Å². The lowest BCUT2D eigenvalue weighted by molar-refractivity contribution is -0.130. The van der Waals surface area contributed by atoms with Crippen LogP contribution in [0.4, 0.5) is 0 Å². The largest absolute Gasteiger partial charge is 0.459 e. The molecule has 0 bridgehead atoms. The number of pyridine rings is 1. The zero-order valence-electron chi connectivity index (χ0n) is 23.7. The van der Waals surface area contributed by atoms with Crippen LogP contribution in [0.15, 0.2) is 24.5 Å². The van der Waals surface area contributed by atoms with Crippen LogP contribution in [-0.2, 0) is 4.74 Å². The predicted octanol–water partition coefficient (Wildman–Crippen LogP) is 8.73. The maximum Gasteiger partial charge on any atom is 0.339 e. The molecule has 200 valence electrons. The smallest absolute Gasteiger partial charge is 0.339 e. The molecule has 0 amide bonds. The molecule has 3 heteroatoms. The van der Waals surface area contributed by atoms with Crippen molar-refractivity contribution in [2.75, 3.05) is 0 Å². The number of fused-ring (bicyclic) bond motifs is 5. The van der Waals surface area contributed by atoms with Gasteiger partial charge in [0.15, 0.2) is 0 Å². The fourth-order valence-corrected chi connectivity index (χ4v) is 10.1. The Balaban J connectivity index is 1.22. The van der Waals surface area contributed by atoms with Crippen LogP contribution in [0.1, 0.15) is 122 Å². The molecular weight excluding hydrogens is 442 g/mol. The fraction of sp³-hybridized carbons (Fsp3) is 0.818. The highest BCUT2D eigenvalue weighted by atomic mass is 16.5. The zero-order chi connectivity index (χ0) is 25.5. The third-order valence-corrected chi connectivity index (χ3v) is 12.0. The molecule has 0 saturated heterocycles. The fourth-order valence-electron chi connectivity index (χ4n) is 10.1. The van der Waals surface area contributed by atoms with E-state index >= 15 is 0 Å². The highest BCUT2D eigenvalue weighted by Crippen LogP contribution is 2.68. The van der Waals surface area contributed by atoms with E-state index in [1.54, 1.807) is 12.4 Å². The number of nitrogens with zero attached hydrogens (tertiary/aromatic N) is 1. The number of hydrogen-bond donors (Lipinski definition) is 0. The van der Waals surface area contributed by atoms with Gasteiger partial charge < -0.3 is 4.74 Å². The van der Waals surface area contributed by atoms with Gasteiger partial charge in [-0.3, -0.25) is 4.98 Å². The van der Waals surface area contributed by atoms with Crippen LogP contribution >= 0.6 is 0 Å². The van der Waals surface area contributed by atoms with Crippen molar-refractivity contribution in [1.29, 1.82) is 0 Å². The van der Waals surface area contributed by atoms with Crippen molar-refractivity contribution in [2.24, 2.45) is 52.3 Å². The Labute approximate surface area is 220 Å². The summed E-state index contributed by atoms with van der Waals surface area (Å²) in [7, 11) is 0. The quantitative estimate of drug-likeness (QED) is 0.356. The Morgan fingerprint density at radius 1 is 1.00 bits per heavy atom. The maximum absolute atomic E-state index is 12.7. The molecule has 1 heterocycles. The first kappa shape index (κ1) is 26.2. The second kappa shape index (κ2) is 10.4. The second-order valence-electron chi connectivity index (χ2n) is 14.2. The average molecular weight is 494 g/mol. The summed E-state index contributed by atoms with van der Waals surface area (Å²) in [5, 5.41) is 0. The first-order valence-corrected chi connectivity index (χ1v) is 15.3. The van der Waals surface area contributed by atoms with Crippen molar-refractivity contribution in [3.05, 3.63) is 30.1 Å². The van der Waals surface area contributed by atoms with Crippen LogP contribution < -0.4 is 0 Å². The monoisotopic (exact) mass is 493 g/mol. The summed E-state index contributed by atoms with van der Waals surface area (Å²) in [6, 6.07) is 3.62. The van der Waals surface area contributed by atoms with E-state index < -0.39 is 0 Å². The summed E-state index contributed by atoms with van der Waals surface area (Å²) in [5.41, 5.74) is 1.58. The maximum atomic E-state index is 12.7. The highest BCUT2D eigenvalue weighted by Gasteiger charge is 2.60. The first-order chi connectivity index (χ1) is 17.2. The lowest BCUT2D eigenvalue weighted by Crippen LogP contribution is -2.54. The molecule has 0 aromatic carbocycles. The van der Waals surface area contributed by atoms with E-state index in [9.17, 15) is 4.79 Å². The SMILES string of the molecule is CC(C)CCC[C@@H](C)[C@H]1CCC2C3CCC4C[C@H](OC(=O)c5cccnc5)CC[C@]4(C)C3CC[C@@]21C. The molecule has 5 rings (SSSR count). The van der Waals surface area contributed by atoms with Gasteiger partial charge in [0, 0.05) is 12.4 Å². The van der Waals surface area contributed by atoms with Crippen LogP contribution in [0.2, 0.25) is 0 Å². The average Bonchev–Trinajstić information content (AvgIpc) is 3.22. The van der Waals surface area contributed by atoms with Crippen molar-refractivity contribution in [3.8, 4) is 0 Å². The van der Waals surface area contributed by atoms with E-state index in [0.717, 1.165) is 48.3 Å². The lowest BCUT2D eigenvalue weighted by Gasteiger charge is -2.61. The summed E-state index contributed by atoms with van der Waals surface area (Å²) in [6.07, 6.45) is 19.5. The molecule has 4 aliphatic carbocycles. The molecule has 36 heavy (non-hydrogen) atoms. The molecule has 9 atom stereocenters. The van der Waals surface area contributed by atoms with Gasteiger partial charge in [0.25, 0.3) is 0 Å². The van der Waals surface area contributed by atoms with Gasteiger partial charge in [-0.2, -0.15) is 0 Å². The Morgan fingerprint density at radius 3 is 2.53 bits per heavy atom. The molecule has 0 aliphatic heterocycles. The number of carbonyl (C=O) groups excluding carboxylic acids is 1. The Kier molecular flexibility index (Phi) is 7.59. The van der Waals surface area contributed by atoms with Crippen LogP contribution in [0.5, 0.6) is 0 Å². The zero-order valence-corrected chi connectivity index (χ0v) is 23.7. The Bertz CT molecular complexity index is 898. The van der Waals surface area contributed by atoms with E-state index in [4.69, 9.17) is 4.74 Å². The van der Waals surface area contributed by atoms with Gasteiger partial charge in [0.2, 0.25) is 0 Å². The van der Waals surface area contributed by atoms with Gasteiger partial charge in [0.05, 0.1) is 5.56 Å². The second-order valence-corrected chi connectivity index (χ2v) is 14.2. The molecule has 1 aromatic rings. The molecule has 0 radical (unpaired) electrons. The van der Waals surface area contributed by atoms with Crippen LogP contribution in [0.25, 0.3) is 0 Å².